The van der Waals surface area contributed by atoms with Gasteiger partial charge in [0.25, 0.3) is 10.0 Å². The number of nitrogens with one attached hydrogen (secondary N) is 1. The summed E-state index contributed by atoms with van der Waals surface area (Å²) in [5.74, 6) is -3.10. The van der Waals surface area contributed by atoms with Crippen molar-refractivity contribution < 1.29 is 27.1 Å². The Kier molecular flexibility index (Phi) is 4.30. The maximum atomic E-state index is 13.6. The minimum absolute atomic E-state index is 0.146. The van der Waals surface area contributed by atoms with E-state index < -0.39 is 33.3 Å². The lowest BCUT2D eigenvalue weighted by Gasteiger charge is -2.08. The molecule has 0 aliphatic heterocycles. The number of sulfonamides is 1. The zero-order chi connectivity index (χ0) is 15.8. The fraction of sp³-hybridized carbons (Fsp3) is 0. The lowest BCUT2D eigenvalue weighted by Crippen LogP contribution is -2.13. The average Bonchev–Trinajstić information content (AvgIpc) is 2.86. The maximum absolute atomic E-state index is 13.6. The van der Waals surface area contributed by atoms with Crippen LogP contribution in [-0.2, 0) is 10.0 Å². The molecule has 0 saturated heterocycles. The quantitative estimate of drug-likeness (QED) is 0.775. The smallest absolute Gasteiger partial charge is 0.336 e. The minimum atomic E-state index is -4.19. The van der Waals surface area contributed by atoms with Gasteiger partial charge in [0, 0.05) is 11.4 Å². The van der Waals surface area contributed by atoms with E-state index in [9.17, 15) is 22.0 Å². The Hall–Kier alpha value is -1.52. The van der Waals surface area contributed by atoms with Crippen LogP contribution in [0.15, 0.2) is 32.3 Å². The second-order valence-corrected chi connectivity index (χ2v) is 7.49. The summed E-state index contributed by atoms with van der Waals surface area (Å²) in [4.78, 5) is 10.7. The zero-order valence-electron chi connectivity index (χ0n) is 9.93. The fourth-order valence-corrected chi connectivity index (χ4v) is 3.89. The van der Waals surface area contributed by atoms with Gasteiger partial charge in [0.15, 0.2) is 0 Å². The van der Waals surface area contributed by atoms with Crippen molar-refractivity contribution in [2.45, 2.75) is 4.21 Å². The van der Waals surface area contributed by atoms with Crippen LogP contribution in [0, 0.1) is 11.6 Å². The first-order valence-electron chi connectivity index (χ1n) is 5.20. The first kappa shape index (κ1) is 15.9. The Morgan fingerprint density at radius 1 is 1.24 bits per heavy atom. The van der Waals surface area contributed by atoms with E-state index in [1.165, 1.54) is 0 Å². The van der Waals surface area contributed by atoms with Crippen molar-refractivity contribution in [2.75, 3.05) is 4.72 Å². The normalized spacial score (nSPS) is 11.4. The number of hydrogen-bond acceptors (Lipinski definition) is 4. The van der Waals surface area contributed by atoms with E-state index in [2.05, 4.69) is 15.9 Å². The molecule has 1 aromatic carbocycles. The summed E-state index contributed by atoms with van der Waals surface area (Å²) >= 11 is 3.43. The van der Waals surface area contributed by atoms with Gasteiger partial charge in [-0.25, -0.2) is 22.0 Å². The molecule has 0 radical (unpaired) electrons. The van der Waals surface area contributed by atoms with Gasteiger partial charge in [0.1, 0.15) is 15.8 Å². The number of halogens is 3. The third kappa shape index (κ3) is 3.39. The Labute approximate surface area is 130 Å². The van der Waals surface area contributed by atoms with Gasteiger partial charge in [-0.05, 0) is 28.1 Å². The lowest BCUT2D eigenvalue weighted by atomic mass is 10.3. The van der Waals surface area contributed by atoms with Crippen LogP contribution < -0.4 is 4.72 Å². The summed E-state index contributed by atoms with van der Waals surface area (Å²) in [7, 11) is -4.19. The van der Waals surface area contributed by atoms with Crippen LogP contribution in [0.2, 0.25) is 0 Å². The molecule has 0 bridgehead atoms. The standard InChI is InChI=1S/C11H6BrF2NO4S2/c12-6-2-8(14)9(3-7(6)13)15-21(18,19)10-1-5(4-20-10)11(16)17/h1-4,15H,(H,16,17). The molecule has 1 aromatic heterocycles. The Balaban J connectivity index is 2.37. The molecule has 0 saturated carbocycles. The summed E-state index contributed by atoms with van der Waals surface area (Å²) in [5, 5.41) is 9.88. The number of hydrogen-bond donors (Lipinski definition) is 2. The molecular weight excluding hydrogens is 392 g/mol. The molecular formula is C11H6BrF2NO4S2. The van der Waals surface area contributed by atoms with E-state index in [0.717, 1.165) is 17.5 Å². The van der Waals surface area contributed by atoms with Crippen molar-refractivity contribution in [3.05, 3.63) is 45.2 Å². The number of rotatable bonds is 4. The number of carboxylic acids is 1. The molecule has 0 amide bonds. The number of anilines is 1. The van der Waals surface area contributed by atoms with E-state index in [-0.39, 0.29) is 14.2 Å². The summed E-state index contributed by atoms with van der Waals surface area (Å²) in [6.45, 7) is 0. The SMILES string of the molecule is O=C(O)c1csc(S(=O)(=O)Nc2cc(F)c(Br)cc2F)c1. The van der Waals surface area contributed by atoms with Crippen LogP contribution >= 0.6 is 27.3 Å². The molecule has 2 N–H and O–H groups in total. The molecule has 1 heterocycles. The molecule has 2 rings (SSSR count). The summed E-state index contributed by atoms with van der Waals surface area (Å²) in [6.07, 6.45) is 0. The number of benzene rings is 1. The van der Waals surface area contributed by atoms with E-state index in [1.807, 2.05) is 4.72 Å². The lowest BCUT2D eigenvalue weighted by molar-refractivity contribution is 0.0697. The zero-order valence-corrected chi connectivity index (χ0v) is 13.2. The van der Waals surface area contributed by atoms with E-state index in [0.29, 0.717) is 17.4 Å². The highest BCUT2D eigenvalue weighted by Crippen LogP contribution is 2.27. The topological polar surface area (TPSA) is 83.5 Å². The molecule has 0 fully saturated rings. The van der Waals surface area contributed by atoms with Gasteiger partial charge in [-0.2, -0.15) is 0 Å². The van der Waals surface area contributed by atoms with E-state index >= 15 is 0 Å². The van der Waals surface area contributed by atoms with Crippen molar-refractivity contribution in [3.8, 4) is 0 Å². The van der Waals surface area contributed by atoms with Crippen LogP contribution in [0.3, 0.4) is 0 Å². The molecule has 0 spiro atoms. The van der Waals surface area contributed by atoms with Gasteiger partial charge < -0.3 is 5.11 Å². The highest BCUT2D eigenvalue weighted by atomic mass is 79.9. The van der Waals surface area contributed by atoms with Gasteiger partial charge in [0.2, 0.25) is 0 Å². The third-order valence-electron chi connectivity index (χ3n) is 2.34. The number of carbonyl (C=O) groups is 1. The Bertz CT molecular complexity index is 820. The molecule has 0 aliphatic rings. The van der Waals surface area contributed by atoms with Crippen molar-refractivity contribution in [1.29, 1.82) is 0 Å². The molecule has 21 heavy (non-hydrogen) atoms. The number of thiophene rings is 1. The van der Waals surface area contributed by atoms with Gasteiger partial charge in [-0.15, -0.1) is 11.3 Å². The maximum Gasteiger partial charge on any atom is 0.336 e. The van der Waals surface area contributed by atoms with Crippen molar-refractivity contribution in [2.24, 2.45) is 0 Å². The van der Waals surface area contributed by atoms with Gasteiger partial charge in [-0.3, -0.25) is 4.72 Å². The van der Waals surface area contributed by atoms with E-state index in [4.69, 9.17) is 5.11 Å². The Morgan fingerprint density at radius 3 is 2.48 bits per heavy atom. The predicted molar refractivity (Wildman–Crippen MR) is 76.1 cm³/mol. The molecule has 112 valence electrons. The number of aromatic carboxylic acids is 1. The molecule has 10 heteroatoms. The summed E-state index contributed by atoms with van der Waals surface area (Å²) in [6, 6.07) is 2.40. The first-order chi connectivity index (χ1) is 9.70. The predicted octanol–water partition coefficient (Wildman–Crippen LogP) is 3.29. The van der Waals surface area contributed by atoms with E-state index in [1.54, 1.807) is 0 Å². The minimum Gasteiger partial charge on any atom is -0.478 e. The molecule has 0 atom stereocenters. The largest absolute Gasteiger partial charge is 0.478 e. The van der Waals surface area contributed by atoms with Crippen LogP contribution in [0.4, 0.5) is 14.5 Å². The average molecular weight is 398 g/mol. The third-order valence-corrected chi connectivity index (χ3v) is 5.75. The molecule has 0 unspecified atom stereocenters. The van der Waals surface area contributed by atoms with Crippen molar-refractivity contribution >= 4 is 48.9 Å². The molecule has 0 aliphatic carbocycles. The monoisotopic (exact) mass is 397 g/mol. The van der Waals surface area contributed by atoms with Crippen LogP contribution in [0.25, 0.3) is 0 Å². The highest BCUT2D eigenvalue weighted by molar-refractivity contribution is 9.10. The van der Waals surface area contributed by atoms with Gasteiger partial charge >= 0.3 is 5.97 Å². The van der Waals surface area contributed by atoms with Gasteiger partial charge in [-0.1, -0.05) is 0 Å². The molecule has 2 aromatic rings. The van der Waals surface area contributed by atoms with Crippen LogP contribution in [0.5, 0.6) is 0 Å². The van der Waals surface area contributed by atoms with Crippen LogP contribution in [0.1, 0.15) is 10.4 Å². The Morgan fingerprint density at radius 2 is 1.90 bits per heavy atom. The first-order valence-corrected chi connectivity index (χ1v) is 8.35. The summed E-state index contributed by atoms with van der Waals surface area (Å²) in [5.41, 5.74) is -0.774. The van der Waals surface area contributed by atoms with Crippen LogP contribution in [-0.4, -0.2) is 19.5 Å². The van der Waals surface area contributed by atoms with Gasteiger partial charge in [0.05, 0.1) is 15.7 Å². The molecule has 5 nitrogen and oxygen atoms in total. The fourth-order valence-electron chi connectivity index (χ4n) is 1.37. The van der Waals surface area contributed by atoms with Crippen molar-refractivity contribution in [1.82, 2.24) is 0 Å². The number of carboxylic acid groups (broad SMARTS) is 1. The second-order valence-electron chi connectivity index (χ2n) is 3.81. The second kappa shape index (κ2) is 5.70. The highest BCUT2D eigenvalue weighted by Gasteiger charge is 2.21. The van der Waals surface area contributed by atoms with Crippen molar-refractivity contribution in [3.63, 3.8) is 0 Å². The summed E-state index contributed by atoms with van der Waals surface area (Å²) < 4.78 is 52.3.